The molecule has 0 N–H and O–H groups in total. The molecule has 0 fully saturated rings. The average Bonchev–Trinajstić information content (AvgIpc) is 3.05. The summed E-state index contributed by atoms with van der Waals surface area (Å²) in [6, 6.07) is 9.85. The van der Waals surface area contributed by atoms with E-state index in [2.05, 4.69) is 20.1 Å². The maximum atomic E-state index is 13.5. The minimum atomic E-state index is -0.465. The van der Waals surface area contributed by atoms with Crippen LogP contribution in [0.2, 0.25) is 0 Å². The molecule has 112 valence electrons. The molecule has 3 heterocycles. The molecule has 0 spiro atoms. The van der Waals surface area contributed by atoms with Gasteiger partial charge in [0.1, 0.15) is 0 Å². The predicted molar refractivity (Wildman–Crippen MR) is 80.5 cm³/mol. The molecule has 0 radical (unpaired) electrons. The number of benzene rings is 1. The molecule has 6 nitrogen and oxygen atoms in total. The van der Waals surface area contributed by atoms with Crippen LogP contribution >= 0.6 is 0 Å². The third-order valence-corrected chi connectivity index (χ3v) is 3.22. The molecule has 7 heteroatoms. The van der Waals surface area contributed by atoms with E-state index in [0.717, 1.165) is 11.2 Å². The summed E-state index contributed by atoms with van der Waals surface area (Å²) < 4.78 is 20.5. The van der Waals surface area contributed by atoms with E-state index in [1.54, 1.807) is 41.4 Å². The molecule has 0 amide bonds. The summed E-state index contributed by atoms with van der Waals surface area (Å²) in [6.45, 7) is 0. The second-order valence-corrected chi connectivity index (χ2v) is 4.74. The van der Waals surface area contributed by atoms with Gasteiger partial charge in [0.2, 0.25) is 0 Å². The van der Waals surface area contributed by atoms with Crippen LogP contribution in [0.15, 0.2) is 61.2 Å². The number of hydrogen-bond donors (Lipinski definition) is 0. The smallest absolute Gasteiger partial charge is 0.322 e. The van der Waals surface area contributed by atoms with Crippen LogP contribution in [0.3, 0.4) is 0 Å². The van der Waals surface area contributed by atoms with Gasteiger partial charge in [-0.25, -0.2) is 23.9 Å². The Labute approximate surface area is 130 Å². The van der Waals surface area contributed by atoms with Crippen LogP contribution in [-0.2, 0) is 0 Å². The Morgan fingerprint density at radius 1 is 0.957 bits per heavy atom. The van der Waals surface area contributed by atoms with Crippen LogP contribution in [0.1, 0.15) is 0 Å². The maximum absolute atomic E-state index is 13.5. The van der Waals surface area contributed by atoms with Crippen LogP contribution < -0.4 is 4.74 Å². The van der Waals surface area contributed by atoms with Crippen molar-refractivity contribution in [3.63, 3.8) is 0 Å². The fourth-order valence-corrected chi connectivity index (χ4v) is 2.10. The Bertz CT molecular complexity index is 968. The first kappa shape index (κ1) is 13.3. The number of fused-ring (bicyclic) bond motifs is 1. The van der Waals surface area contributed by atoms with Crippen molar-refractivity contribution >= 4 is 5.65 Å². The fourth-order valence-electron chi connectivity index (χ4n) is 2.10. The lowest BCUT2D eigenvalue weighted by atomic mass is 10.2. The first-order valence-electron chi connectivity index (χ1n) is 6.85. The van der Waals surface area contributed by atoms with E-state index in [9.17, 15) is 4.39 Å². The molecular formula is C16H10FN5O. The highest BCUT2D eigenvalue weighted by Crippen LogP contribution is 2.22. The Morgan fingerprint density at radius 3 is 2.61 bits per heavy atom. The number of halogens is 1. The van der Waals surface area contributed by atoms with Gasteiger partial charge in [-0.15, -0.1) is 0 Å². The summed E-state index contributed by atoms with van der Waals surface area (Å²) in [6.07, 6.45) is 6.59. The number of hydrogen-bond acceptors (Lipinski definition) is 5. The molecule has 0 saturated carbocycles. The molecule has 0 bridgehead atoms. The maximum Gasteiger partial charge on any atom is 0.322 e. The Kier molecular flexibility index (Phi) is 3.16. The summed E-state index contributed by atoms with van der Waals surface area (Å²) in [5, 5.41) is 4.41. The van der Waals surface area contributed by atoms with Gasteiger partial charge in [-0.3, -0.25) is 0 Å². The minimum Gasteiger partial charge on any atom is -0.421 e. The highest BCUT2D eigenvalue weighted by Gasteiger charge is 2.07. The standard InChI is InChI=1S/C16H10FN5O/c17-12-3-1-2-4-14(12)23-16-19-9-11(10-20-16)13-5-6-15-18-7-8-22(15)21-13/h1-10H. The van der Waals surface area contributed by atoms with Crippen LogP contribution in [0.4, 0.5) is 4.39 Å². The number of para-hydroxylation sites is 1. The molecule has 23 heavy (non-hydrogen) atoms. The lowest BCUT2D eigenvalue weighted by molar-refractivity contribution is 0.411. The van der Waals surface area contributed by atoms with Crippen molar-refractivity contribution < 1.29 is 9.13 Å². The zero-order valence-corrected chi connectivity index (χ0v) is 11.8. The van der Waals surface area contributed by atoms with Crippen molar-refractivity contribution in [2.45, 2.75) is 0 Å². The third kappa shape index (κ3) is 2.59. The van der Waals surface area contributed by atoms with Gasteiger partial charge in [0.15, 0.2) is 17.2 Å². The number of imidazole rings is 1. The lowest BCUT2D eigenvalue weighted by Gasteiger charge is -2.05. The molecule has 4 aromatic rings. The van der Waals surface area contributed by atoms with Crippen LogP contribution in [0.5, 0.6) is 11.8 Å². The van der Waals surface area contributed by atoms with Gasteiger partial charge in [-0.1, -0.05) is 12.1 Å². The van der Waals surface area contributed by atoms with Crippen molar-refractivity contribution in [3.8, 4) is 23.0 Å². The molecular weight excluding hydrogens is 297 g/mol. The largest absolute Gasteiger partial charge is 0.421 e. The first-order chi connectivity index (χ1) is 11.3. The highest BCUT2D eigenvalue weighted by atomic mass is 19.1. The van der Waals surface area contributed by atoms with Gasteiger partial charge in [-0.2, -0.15) is 5.10 Å². The number of nitrogens with zero attached hydrogens (tertiary/aromatic N) is 5. The van der Waals surface area contributed by atoms with Crippen molar-refractivity contribution in [1.29, 1.82) is 0 Å². The van der Waals surface area contributed by atoms with Gasteiger partial charge in [0.05, 0.1) is 5.69 Å². The fraction of sp³-hybridized carbons (Fsp3) is 0. The molecule has 0 aliphatic rings. The zero-order valence-electron chi connectivity index (χ0n) is 11.8. The van der Waals surface area contributed by atoms with Gasteiger partial charge in [-0.05, 0) is 24.3 Å². The zero-order chi connectivity index (χ0) is 15.6. The molecule has 0 saturated heterocycles. The van der Waals surface area contributed by atoms with Crippen LogP contribution in [0, 0.1) is 5.82 Å². The normalized spacial score (nSPS) is 10.8. The number of aromatic nitrogens is 5. The average molecular weight is 307 g/mol. The topological polar surface area (TPSA) is 65.2 Å². The van der Waals surface area contributed by atoms with Crippen LogP contribution in [0.25, 0.3) is 16.9 Å². The number of rotatable bonds is 3. The summed E-state index contributed by atoms with van der Waals surface area (Å²) in [5.41, 5.74) is 2.18. The van der Waals surface area contributed by atoms with Crippen molar-refractivity contribution in [3.05, 3.63) is 67.0 Å². The summed E-state index contributed by atoms with van der Waals surface area (Å²) >= 11 is 0. The van der Waals surface area contributed by atoms with E-state index in [1.807, 2.05) is 12.1 Å². The van der Waals surface area contributed by atoms with Gasteiger partial charge < -0.3 is 4.74 Å². The Hall–Kier alpha value is -3.35. The first-order valence-corrected chi connectivity index (χ1v) is 6.85. The highest BCUT2D eigenvalue weighted by molar-refractivity contribution is 5.58. The summed E-state index contributed by atoms with van der Waals surface area (Å²) in [5.74, 6) is -0.384. The molecule has 0 unspecified atom stereocenters. The van der Waals surface area contributed by atoms with E-state index in [4.69, 9.17) is 4.74 Å². The SMILES string of the molecule is Fc1ccccc1Oc1ncc(-c2ccc3nccn3n2)cn1. The van der Waals surface area contributed by atoms with Crippen molar-refractivity contribution in [2.24, 2.45) is 0 Å². The van der Waals surface area contributed by atoms with Crippen molar-refractivity contribution in [2.75, 3.05) is 0 Å². The molecule has 0 aliphatic heterocycles. The third-order valence-electron chi connectivity index (χ3n) is 3.22. The summed E-state index contributed by atoms with van der Waals surface area (Å²) in [7, 11) is 0. The molecule has 0 atom stereocenters. The van der Waals surface area contributed by atoms with Crippen molar-refractivity contribution in [1.82, 2.24) is 24.6 Å². The molecule has 1 aromatic carbocycles. The van der Waals surface area contributed by atoms with Gasteiger partial charge in [0, 0.05) is 30.4 Å². The Morgan fingerprint density at radius 2 is 1.78 bits per heavy atom. The quantitative estimate of drug-likeness (QED) is 0.582. The number of ether oxygens (including phenoxy) is 1. The van der Waals surface area contributed by atoms with E-state index in [0.29, 0.717) is 5.69 Å². The van der Waals surface area contributed by atoms with Crippen LogP contribution in [-0.4, -0.2) is 24.6 Å². The predicted octanol–water partition coefficient (Wildman–Crippen LogP) is 3.12. The second kappa shape index (κ2) is 5.45. The van der Waals surface area contributed by atoms with E-state index < -0.39 is 5.82 Å². The minimum absolute atomic E-state index is 0.0718. The van der Waals surface area contributed by atoms with E-state index in [-0.39, 0.29) is 11.8 Å². The van der Waals surface area contributed by atoms with E-state index >= 15 is 0 Å². The second-order valence-electron chi connectivity index (χ2n) is 4.74. The van der Waals surface area contributed by atoms with Gasteiger partial charge in [0.25, 0.3) is 0 Å². The summed E-state index contributed by atoms with van der Waals surface area (Å²) in [4.78, 5) is 12.3. The van der Waals surface area contributed by atoms with E-state index in [1.165, 1.54) is 12.1 Å². The monoisotopic (exact) mass is 307 g/mol. The lowest BCUT2D eigenvalue weighted by Crippen LogP contribution is -1.96. The molecule has 0 aliphatic carbocycles. The van der Waals surface area contributed by atoms with Gasteiger partial charge >= 0.3 is 6.01 Å². The molecule has 3 aromatic heterocycles. The molecule has 4 rings (SSSR count). The Balaban J connectivity index is 1.61.